The number of anilines is 1. The van der Waals surface area contributed by atoms with Crippen LogP contribution >= 0.6 is 34.5 Å². The summed E-state index contributed by atoms with van der Waals surface area (Å²) in [6.45, 7) is 3.97. The lowest BCUT2D eigenvalue weighted by molar-refractivity contribution is -0.139. The highest BCUT2D eigenvalue weighted by Crippen LogP contribution is 2.32. The van der Waals surface area contributed by atoms with Gasteiger partial charge in [0.25, 0.3) is 5.56 Å². The number of halogens is 2. The van der Waals surface area contributed by atoms with E-state index < -0.39 is 12.0 Å². The highest BCUT2D eigenvalue weighted by atomic mass is 35.5. The minimum Gasteiger partial charge on any atom is -0.488 e. The zero-order chi connectivity index (χ0) is 30.0. The molecule has 4 aromatic rings. The van der Waals surface area contributed by atoms with Gasteiger partial charge in [0.1, 0.15) is 12.4 Å². The van der Waals surface area contributed by atoms with Crippen LogP contribution in [-0.4, -0.2) is 31.2 Å². The van der Waals surface area contributed by atoms with Crippen LogP contribution in [0, 0.1) is 0 Å². The molecule has 0 saturated heterocycles. The third-order valence-corrected chi connectivity index (χ3v) is 8.43. The number of carbonyl (C=O) groups excluding carboxylic acids is 1. The predicted octanol–water partition coefficient (Wildman–Crippen LogP) is 5.75. The molecule has 0 N–H and O–H groups in total. The highest BCUT2D eigenvalue weighted by molar-refractivity contribution is 7.07. The number of thiazole rings is 1. The SMILES string of the molecule is CCOC(=O)C1=C(C)N=c2s/c(=C\c3cc(Cl)ccc3OCc3ccccc3Cl)c(=O)n2[C@@H]1c1ccc(N(C)C)cc1. The molecule has 0 unspecified atom stereocenters. The third-order valence-electron chi connectivity index (χ3n) is 6.84. The molecular formula is C32H29Cl2N3O4S. The number of hydrogen-bond donors (Lipinski definition) is 0. The first-order valence-corrected chi connectivity index (χ1v) is 14.9. The molecule has 0 radical (unpaired) electrons. The summed E-state index contributed by atoms with van der Waals surface area (Å²) in [6.07, 6.45) is 1.74. The van der Waals surface area contributed by atoms with Gasteiger partial charge in [0.2, 0.25) is 0 Å². The minimum absolute atomic E-state index is 0.206. The molecule has 1 atom stereocenters. The van der Waals surface area contributed by atoms with Gasteiger partial charge in [-0.15, -0.1) is 0 Å². The van der Waals surface area contributed by atoms with Gasteiger partial charge in [0, 0.05) is 41.0 Å². The van der Waals surface area contributed by atoms with Crippen molar-refractivity contribution >= 4 is 52.3 Å². The van der Waals surface area contributed by atoms with Crippen LogP contribution in [-0.2, 0) is 16.1 Å². The second-order valence-electron chi connectivity index (χ2n) is 9.85. The molecule has 42 heavy (non-hydrogen) atoms. The summed E-state index contributed by atoms with van der Waals surface area (Å²) in [7, 11) is 3.91. The van der Waals surface area contributed by atoms with Gasteiger partial charge < -0.3 is 14.4 Å². The number of carbonyl (C=O) groups is 1. The van der Waals surface area contributed by atoms with E-state index in [1.807, 2.05) is 61.5 Å². The molecule has 3 aromatic carbocycles. The van der Waals surface area contributed by atoms with Crippen molar-refractivity contribution in [2.24, 2.45) is 4.99 Å². The van der Waals surface area contributed by atoms with E-state index in [4.69, 9.17) is 32.7 Å². The molecule has 1 aliphatic rings. The number of allylic oxidation sites excluding steroid dienone is 1. The molecule has 7 nitrogen and oxygen atoms in total. The van der Waals surface area contributed by atoms with Crippen molar-refractivity contribution in [1.82, 2.24) is 4.57 Å². The first kappa shape index (κ1) is 29.6. The van der Waals surface area contributed by atoms with Gasteiger partial charge in [-0.1, -0.05) is 64.9 Å². The predicted molar refractivity (Wildman–Crippen MR) is 168 cm³/mol. The molecular weight excluding hydrogens is 593 g/mol. The molecule has 1 aliphatic heterocycles. The van der Waals surface area contributed by atoms with Crippen LogP contribution in [0.2, 0.25) is 10.0 Å². The third kappa shape index (κ3) is 6.02. The first-order valence-electron chi connectivity index (χ1n) is 13.3. The van der Waals surface area contributed by atoms with Crippen molar-refractivity contribution in [1.29, 1.82) is 0 Å². The Kier molecular flexibility index (Phi) is 8.87. The van der Waals surface area contributed by atoms with Crippen molar-refractivity contribution in [3.63, 3.8) is 0 Å². The van der Waals surface area contributed by atoms with Crippen molar-refractivity contribution < 1.29 is 14.3 Å². The molecule has 216 valence electrons. The average molecular weight is 623 g/mol. The van der Waals surface area contributed by atoms with E-state index >= 15 is 0 Å². The van der Waals surface area contributed by atoms with Crippen molar-refractivity contribution in [3.8, 4) is 5.75 Å². The van der Waals surface area contributed by atoms with E-state index in [9.17, 15) is 9.59 Å². The lowest BCUT2D eigenvalue weighted by Gasteiger charge is -2.25. The summed E-state index contributed by atoms with van der Waals surface area (Å²) < 4.78 is 13.5. The quantitative estimate of drug-likeness (QED) is 0.234. The Morgan fingerprint density at radius 2 is 1.83 bits per heavy atom. The number of esters is 1. The van der Waals surface area contributed by atoms with Crippen LogP contribution in [0.5, 0.6) is 5.75 Å². The molecule has 0 saturated carbocycles. The maximum Gasteiger partial charge on any atom is 0.338 e. The normalized spacial score (nSPS) is 14.8. The fraction of sp³-hybridized carbons (Fsp3) is 0.219. The summed E-state index contributed by atoms with van der Waals surface area (Å²) in [5.74, 6) is 0.0455. The van der Waals surface area contributed by atoms with Crippen molar-refractivity contribution in [2.45, 2.75) is 26.5 Å². The van der Waals surface area contributed by atoms with Crippen LogP contribution in [0.1, 0.15) is 36.6 Å². The molecule has 0 bridgehead atoms. The topological polar surface area (TPSA) is 73.1 Å². The van der Waals surface area contributed by atoms with Crippen LogP contribution < -0.4 is 24.5 Å². The summed E-state index contributed by atoms with van der Waals surface area (Å²) >= 11 is 13.9. The largest absolute Gasteiger partial charge is 0.488 e. The smallest absolute Gasteiger partial charge is 0.338 e. The lowest BCUT2D eigenvalue weighted by atomic mass is 9.95. The highest BCUT2D eigenvalue weighted by Gasteiger charge is 2.33. The number of benzene rings is 3. The summed E-state index contributed by atoms with van der Waals surface area (Å²) in [5, 5.41) is 1.10. The number of hydrogen-bond acceptors (Lipinski definition) is 7. The van der Waals surface area contributed by atoms with Gasteiger partial charge in [0.15, 0.2) is 4.80 Å². The number of rotatable bonds is 8. The maximum absolute atomic E-state index is 14.0. The van der Waals surface area contributed by atoms with E-state index in [0.29, 0.717) is 42.0 Å². The summed E-state index contributed by atoms with van der Waals surface area (Å²) in [5.41, 5.74) is 3.79. The molecule has 0 aliphatic carbocycles. The van der Waals surface area contributed by atoms with E-state index in [1.54, 1.807) is 48.8 Å². The van der Waals surface area contributed by atoms with E-state index in [-0.39, 0.29) is 18.8 Å². The Bertz CT molecular complexity index is 1860. The molecule has 0 fully saturated rings. The number of ether oxygens (including phenoxy) is 2. The van der Waals surface area contributed by atoms with Gasteiger partial charge in [-0.3, -0.25) is 9.36 Å². The first-order chi connectivity index (χ1) is 20.2. The van der Waals surface area contributed by atoms with Gasteiger partial charge in [-0.05, 0) is 61.9 Å². The van der Waals surface area contributed by atoms with Crippen LogP contribution in [0.25, 0.3) is 6.08 Å². The summed E-state index contributed by atoms with van der Waals surface area (Å²) in [4.78, 5) is 34.3. The Hall–Kier alpha value is -3.85. The van der Waals surface area contributed by atoms with Crippen molar-refractivity contribution in [3.05, 3.63) is 124 Å². The Labute approximate surface area is 257 Å². The minimum atomic E-state index is -0.700. The Morgan fingerprint density at radius 1 is 1.10 bits per heavy atom. The number of nitrogens with zero attached hydrogens (tertiary/aromatic N) is 3. The van der Waals surface area contributed by atoms with Crippen LogP contribution in [0.15, 0.2) is 87.8 Å². The fourth-order valence-corrected chi connectivity index (χ4v) is 6.15. The Balaban J connectivity index is 1.62. The van der Waals surface area contributed by atoms with Crippen molar-refractivity contribution in [2.75, 3.05) is 25.6 Å². The van der Waals surface area contributed by atoms with Gasteiger partial charge in [-0.25, -0.2) is 9.79 Å². The zero-order valence-corrected chi connectivity index (χ0v) is 25.9. The standard InChI is InChI=1S/C32H29Cl2N3O4S/c1-5-40-31(39)28-19(2)35-32-37(29(28)20-10-13-24(14-11-20)36(3)4)30(38)27(42-32)17-22-16-23(33)12-15-26(22)41-18-21-8-6-7-9-25(21)34/h6-17,29H,5,18H2,1-4H3/b27-17-/t29-/m1/s1. The fourth-order valence-electron chi connectivity index (χ4n) is 4.74. The van der Waals surface area contributed by atoms with E-state index in [1.165, 1.54) is 11.3 Å². The second kappa shape index (κ2) is 12.6. The van der Waals surface area contributed by atoms with Crippen LogP contribution in [0.3, 0.4) is 0 Å². The summed E-state index contributed by atoms with van der Waals surface area (Å²) in [6, 6.07) is 19.8. The number of fused-ring (bicyclic) bond motifs is 1. The monoisotopic (exact) mass is 621 g/mol. The maximum atomic E-state index is 14.0. The molecule has 0 amide bonds. The van der Waals surface area contributed by atoms with Gasteiger partial charge >= 0.3 is 5.97 Å². The Morgan fingerprint density at radius 3 is 2.52 bits per heavy atom. The average Bonchev–Trinajstić information content (AvgIpc) is 3.26. The number of aromatic nitrogens is 1. The zero-order valence-electron chi connectivity index (χ0n) is 23.6. The molecule has 5 rings (SSSR count). The van der Waals surface area contributed by atoms with E-state index in [0.717, 1.165) is 16.8 Å². The van der Waals surface area contributed by atoms with Crippen LogP contribution in [0.4, 0.5) is 5.69 Å². The van der Waals surface area contributed by atoms with E-state index in [2.05, 4.69) is 4.99 Å². The van der Waals surface area contributed by atoms with Gasteiger partial charge in [-0.2, -0.15) is 0 Å². The van der Waals surface area contributed by atoms with Gasteiger partial charge in [0.05, 0.1) is 28.5 Å². The molecule has 1 aromatic heterocycles. The molecule has 10 heteroatoms. The second-order valence-corrected chi connectivity index (χ2v) is 11.7. The molecule has 2 heterocycles. The lowest BCUT2D eigenvalue weighted by Crippen LogP contribution is -2.40. The molecule has 0 spiro atoms.